The predicted molar refractivity (Wildman–Crippen MR) is 126 cm³/mol. The van der Waals surface area contributed by atoms with E-state index in [4.69, 9.17) is 10.5 Å². The minimum Gasteiger partial charge on any atom is -0.487 e. The Hall–Kier alpha value is -3.39. The molecule has 0 radical (unpaired) electrons. The number of hydrogen-bond donors (Lipinski definition) is 2. The first-order chi connectivity index (χ1) is 16.0. The highest BCUT2D eigenvalue weighted by molar-refractivity contribution is 5.94. The number of pyridine rings is 1. The van der Waals surface area contributed by atoms with E-state index >= 15 is 0 Å². The summed E-state index contributed by atoms with van der Waals surface area (Å²) in [6.07, 6.45) is 6.66. The van der Waals surface area contributed by atoms with Crippen LogP contribution in [-0.2, 0) is 11.4 Å². The quantitative estimate of drug-likeness (QED) is 0.489. The topological polar surface area (TPSA) is 102 Å². The Kier molecular flexibility index (Phi) is 7.24. The molecule has 1 aliphatic rings. The van der Waals surface area contributed by atoms with Crippen molar-refractivity contribution in [3.05, 3.63) is 65.6 Å². The fraction of sp³-hybridized carbons (Fsp3) is 0.400. The van der Waals surface area contributed by atoms with Gasteiger partial charge in [-0.05, 0) is 69.1 Å². The number of ether oxygens (including phenoxy) is 1. The van der Waals surface area contributed by atoms with Crippen molar-refractivity contribution in [1.82, 2.24) is 19.6 Å². The number of primary amides is 1. The van der Waals surface area contributed by atoms with Gasteiger partial charge in [0.2, 0.25) is 5.91 Å². The second-order valence-electron chi connectivity index (χ2n) is 8.67. The molecule has 3 N–H and O–H groups in total. The van der Waals surface area contributed by atoms with Crippen molar-refractivity contribution >= 4 is 17.5 Å². The lowest BCUT2D eigenvalue weighted by Gasteiger charge is -2.31. The van der Waals surface area contributed by atoms with Gasteiger partial charge in [0, 0.05) is 31.0 Å². The summed E-state index contributed by atoms with van der Waals surface area (Å²) >= 11 is 0. The summed E-state index contributed by atoms with van der Waals surface area (Å²) in [5, 5.41) is 2.97. The summed E-state index contributed by atoms with van der Waals surface area (Å²) in [7, 11) is 0. The van der Waals surface area contributed by atoms with E-state index in [1.54, 1.807) is 12.1 Å². The molecule has 1 unspecified atom stereocenters. The molecule has 174 valence electrons. The molecule has 2 aromatic heterocycles. The Labute approximate surface area is 193 Å². The molecule has 1 fully saturated rings. The zero-order valence-electron chi connectivity index (χ0n) is 19.0. The largest absolute Gasteiger partial charge is 0.487 e. The van der Waals surface area contributed by atoms with Crippen molar-refractivity contribution in [3.8, 4) is 5.75 Å². The average molecular weight is 450 g/mol. The van der Waals surface area contributed by atoms with Crippen molar-refractivity contribution in [3.63, 3.8) is 0 Å². The van der Waals surface area contributed by atoms with Crippen LogP contribution in [0.25, 0.3) is 5.65 Å². The van der Waals surface area contributed by atoms with Gasteiger partial charge in [0.25, 0.3) is 5.91 Å². The third-order valence-electron chi connectivity index (χ3n) is 5.98. The highest BCUT2D eigenvalue weighted by atomic mass is 16.5. The SMILES string of the molecule is Cc1ccc2nc(COc3cccc(C(=O)NCCCN4CCCC(C(N)=O)C4)c3)cn2c1. The Morgan fingerprint density at radius 1 is 1.24 bits per heavy atom. The van der Waals surface area contributed by atoms with Gasteiger partial charge < -0.3 is 25.1 Å². The molecule has 1 saturated heterocycles. The number of nitrogens with one attached hydrogen (secondary N) is 1. The lowest BCUT2D eigenvalue weighted by atomic mass is 9.97. The molecule has 33 heavy (non-hydrogen) atoms. The molecule has 1 aromatic carbocycles. The molecule has 3 aromatic rings. The summed E-state index contributed by atoms with van der Waals surface area (Å²) in [5.41, 5.74) is 8.87. The monoisotopic (exact) mass is 449 g/mol. The Bertz CT molecular complexity index is 1130. The zero-order chi connectivity index (χ0) is 23.2. The summed E-state index contributed by atoms with van der Waals surface area (Å²) in [4.78, 5) is 30.8. The number of benzene rings is 1. The Morgan fingerprint density at radius 3 is 2.97 bits per heavy atom. The summed E-state index contributed by atoms with van der Waals surface area (Å²) < 4.78 is 7.86. The number of fused-ring (bicyclic) bond motifs is 1. The molecule has 1 aliphatic heterocycles. The number of hydrogen-bond acceptors (Lipinski definition) is 5. The van der Waals surface area contributed by atoms with E-state index in [0.717, 1.165) is 49.3 Å². The van der Waals surface area contributed by atoms with E-state index in [1.807, 2.05) is 48.0 Å². The maximum absolute atomic E-state index is 12.6. The van der Waals surface area contributed by atoms with E-state index < -0.39 is 0 Å². The van der Waals surface area contributed by atoms with Gasteiger partial charge in [-0.2, -0.15) is 0 Å². The van der Waals surface area contributed by atoms with Crippen molar-refractivity contribution in [2.24, 2.45) is 11.7 Å². The Balaban J connectivity index is 1.23. The van der Waals surface area contributed by atoms with Crippen LogP contribution in [0.4, 0.5) is 0 Å². The second-order valence-corrected chi connectivity index (χ2v) is 8.67. The number of aryl methyl sites for hydroxylation is 1. The van der Waals surface area contributed by atoms with Gasteiger partial charge in [-0.15, -0.1) is 0 Å². The molecule has 4 rings (SSSR count). The number of rotatable bonds is 9. The summed E-state index contributed by atoms with van der Waals surface area (Å²) in [6, 6.07) is 11.2. The first-order valence-electron chi connectivity index (χ1n) is 11.4. The number of piperidine rings is 1. The van der Waals surface area contributed by atoms with Crippen molar-refractivity contribution in [2.45, 2.75) is 32.8 Å². The highest BCUT2D eigenvalue weighted by Crippen LogP contribution is 2.17. The van der Waals surface area contributed by atoms with Crippen LogP contribution in [0.3, 0.4) is 0 Å². The molecule has 0 saturated carbocycles. The van der Waals surface area contributed by atoms with Crippen LogP contribution < -0.4 is 15.8 Å². The Morgan fingerprint density at radius 2 is 2.12 bits per heavy atom. The van der Waals surface area contributed by atoms with Crippen LogP contribution in [-0.4, -0.2) is 52.3 Å². The van der Waals surface area contributed by atoms with Crippen molar-refractivity contribution in [1.29, 1.82) is 0 Å². The number of nitrogens with zero attached hydrogens (tertiary/aromatic N) is 3. The van der Waals surface area contributed by atoms with Crippen LogP contribution in [0.2, 0.25) is 0 Å². The van der Waals surface area contributed by atoms with Crippen molar-refractivity contribution < 1.29 is 14.3 Å². The molecule has 0 aliphatic carbocycles. The van der Waals surface area contributed by atoms with Gasteiger partial charge in [-0.25, -0.2) is 4.98 Å². The van der Waals surface area contributed by atoms with Crippen LogP contribution in [0, 0.1) is 12.8 Å². The first-order valence-corrected chi connectivity index (χ1v) is 11.4. The summed E-state index contributed by atoms with van der Waals surface area (Å²) in [5.74, 6) is 0.228. The number of nitrogens with two attached hydrogens (primary N) is 1. The maximum atomic E-state index is 12.6. The molecule has 0 bridgehead atoms. The second kappa shape index (κ2) is 10.5. The fourth-order valence-electron chi connectivity index (χ4n) is 4.21. The van der Waals surface area contributed by atoms with E-state index in [2.05, 4.69) is 15.2 Å². The third kappa shape index (κ3) is 6.10. The molecule has 3 heterocycles. The molecule has 2 amide bonds. The number of amides is 2. The molecule has 8 nitrogen and oxygen atoms in total. The minimum absolute atomic E-state index is 0.0549. The lowest BCUT2D eigenvalue weighted by Crippen LogP contribution is -2.42. The van der Waals surface area contributed by atoms with Crippen molar-refractivity contribution in [2.75, 3.05) is 26.2 Å². The standard InChI is InChI=1S/C25H31N5O3/c1-18-8-9-23-28-21(16-30(23)14-18)17-33-22-7-2-5-19(13-22)25(32)27-10-4-12-29-11-3-6-20(15-29)24(26)31/h2,5,7-9,13-14,16,20H,3-4,6,10-12,15,17H2,1H3,(H2,26,31)(H,27,32). The van der Waals surface area contributed by atoms with E-state index in [9.17, 15) is 9.59 Å². The van der Waals surface area contributed by atoms with Gasteiger partial charge in [-0.3, -0.25) is 9.59 Å². The number of carbonyl (C=O) groups is 2. The summed E-state index contributed by atoms with van der Waals surface area (Å²) in [6.45, 7) is 5.47. The molecule has 1 atom stereocenters. The minimum atomic E-state index is -0.216. The maximum Gasteiger partial charge on any atom is 0.251 e. The van der Waals surface area contributed by atoms with Crippen LogP contribution >= 0.6 is 0 Å². The number of imidazole rings is 1. The first kappa shape index (κ1) is 22.8. The predicted octanol–water partition coefficient (Wildman–Crippen LogP) is 2.54. The van der Waals surface area contributed by atoms with Gasteiger partial charge in [-0.1, -0.05) is 12.1 Å². The molecular formula is C25H31N5O3. The van der Waals surface area contributed by atoms with Crippen LogP contribution in [0.15, 0.2) is 48.8 Å². The normalized spacial score (nSPS) is 16.6. The average Bonchev–Trinajstić information content (AvgIpc) is 3.23. The van der Waals surface area contributed by atoms with E-state index in [-0.39, 0.29) is 17.7 Å². The smallest absolute Gasteiger partial charge is 0.251 e. The van der Waals surface area contributed by atoms with Crippen LogP contribution in [0.1, 0.15) is 40.9 Å². The van der Waals surface area contributed by atoms with Gasteiger partial charge in [0.15, 0.2) is 0 Å². The highest BCUT2D eigenvalue weighted by Gasteiger charge is 2.23. The van der Waals surface area contributed by atoms with Gasteiger partial charge in [0.05, 0.1) is 11.6 Å². The van der Waals surface area contributed by atoms with Crippen LogP contribution in [0.5, 0.6) is 5.75 Å². The van der Waals surface area contributed by atoms with Gasteiger partial charge in [0.1, 0.15) is 18.0 Å². The third-order valence-corrected chi connectivity index (χ3v) is 5.98. The number of carbonyl (C=O) groups excluding carboxylic acids is 2. The molecule has 8 heteroatoms. The van der Waals surface area contributed by atoms with E-state index in [1.165, 1.54) is 0 Å². The molecular weight excluding hydrogens is 418 g/mol. The number of likely N-dealkylation sites (tertiary alicyclic amines) is 1. The zero-order valence-corrected chi connectivity index (χ0v) is 19.0. The van der Waals surface area contributed by atoms with Gasteiger partial charge >= 0.3 is 0 Å². The van der Waals surface area contributed by atoms with E-state index in [0.29, 0.717) is 31.0 Å². The molecule has 0 spiro atoms. The lowest BCUT2D eigenvalue weighted by molar-refractivity contribution is -0.123. The fourth-order valence-corrected chi connectivity index (χ4v) is 4.21. The number of aromatic nitrogens is 2.